The van der Waals surface area contributed by atoms with Crippen LogP contribution in [0.4, 0.5) is 4.39 Å². The molecule has 7 heteroatoms. The number of benzene rings is 2. The summed E-state index contributed by atoms with van der Waals surface area (Å²) in [5.41, 5.74) is 0.917. The van der Waals surface area contributed by atoms with Gasteiger partial charge in [-0.2, -0.15) is 0 Å². The Morgan fingerprint density at radius 3 is 2.50 bits per heavy atom. The van der Waals surface area contributed by atoms with Crippen molar-refractivity contribution in [2.24, 2.45) is 0 Å². The molecule has 0 saturated carbocycles. The number of hydrogen-bond acceptors (Lipinski definition) is 4. The maximum absolute atomic E-state index is 13.3. The van der Waals surface area contributed by atoms with E-state index in [1.165, 1.54) is 12.1 Å². The fourth-order valence-corrected chi connectivity index (χ4v) is 3.34. The quantitative estimate of drug-likeness (QED) is 0.687. The fraction of sp³-hybridized carbons (Fsp3) is 0.381. The zero-order valence-corrected chi connectivity index (χ0v) is 17.5. The van der Waals surface area contributed by atoms with Crippen LogP contribution in [0, 0.1) is 5.82 Å². The van der Waals surface area contributed by atoms with Crippen LogP contribution in [0.5, 0.6) is 11.5 Å². The highest BCUT2D eigenvalue weighted by molar-refractivity contribution is 6.31. The monoisotopic (exact) mass is 408 g/mol. The van der Waals surface area contributed by atoms with E-state index in [0.717, 1.165) is 5.56 Å². The third-order valence-electron chi connectivity index (χ3n) is 4.58. The van der Waals surface area contributed by atoms with Crippen LogP contribution >= 0.6 is 11.6 Å². The molecule has 152 valence electrons. The molecule has 0 spiro atoms. The molecule has 2 N–H and O–H groups in total. The zero-order chi connectivity index (χ0) is 20.9. The molecular formula is C21H26ClFN2O3. The van der Waals surface area contributed by atoms with E-state index in [1.54, 1.807) is 32.4 Å². The second-order valence-electron chi connectivity index (χ2n) is 7.00. The first-order valence-electron chi connectivity index (χ1n) is 8.89. The van der Waals surface area contributed by atoms with Gasteiger partial charge in [0.2, 0.25) is 5.91 Å². The van der Waals surface area contributed by atoms with E-state index in [4.69, 9.17) is 21.1 Å². The van der Waals surface area contributed by atoms with Gasteiger partial charge < -0.3 is 14.8 Å². The number of amides is 1. The lowest BCUT2D eigenvalue weighted by Gasteiger charge is -2.28. The first kappa shape index (κ1) is 22.0. The number of nitrogens with one attached hydrogen (secondary N) is 2. The molecule has 0 fully saturated rings. The second kappa shape index (κ2) is 9.26. The summed E-state index contributed by atoms with van der Waals surface area (Å²) in [5.74, 6) is 0.758. The second-order valence-corrected chi connectivity index (χ2v) is 7.41. The Labute approximate surface area is 170 Å². The van der Waals surface area contributed by atoms with Crippen molar-refractivity contribution in [3.63, 3.8) is 0 Å². The molecule has 0 aromatic heterocycles. The Balaban J connectivity index is 2.04. The van der Waals surface area contributed by atoms with Gasteiger partial charge in [-0.15, -0.1) is 0 Å². The van der Waals surface area contributed by atoms with Gasteiger partial charge in [-0.05, 0) is 56.7 Å². The van der Waals surface area contributed by atoms with E-state index in [0.29, 0.717) is 22.1 Å². The van der Waals surface area contributed by atoms with Gasteiger partial charge in [0.05, 0.1) is 26.8 Å². The summed E-state index contributed by atoms with van der Waals surface area (Å²) in [4.78, 5) is 12.5. The highest BCUT2D eigenvalue weighted by atomic mass is 35.5. The third-order valence-corrected chi connectivity index (χ3v) is 4.89. The number of carbonyl (C=O) groups is 1. The molecule has 0 heterocycles. The number of halogens is 2. The summed E-state index contributed by atoms with van der Waals surface area (Å²) in [7, 11) is 3.16. The van der Waals surface area contributed by atoms with Crippen LogP contribution in [0.15, 0.2) is 36.4 Å². The minimum Gasteiger partial charge on any atom is -0.497 e. The van der Waals surface area contributed by atoms with Gasteiger partial charge >= 0.3 is 0 Å². The Morgan fingerprint density at radius 2 is 1.89 bits per heavy atom. The molecule has 2 aromatic carbocycles. The topological polar surface area (TPSA) is 59.6 Å². The minimum atomic E-state index is -0.612. The summed E-state index contributed by atoms with van der Waals surface area (Å²) < 4.78 is 23.9. The van der Waals surface area contributed by atoms with Gasteiger partial charge in [0, 0.05) is 16.1 Å². The molecule has 0 saturated heterocycles. The Hall–Kier alpha value is -2.31. The molecule has 1 atom stereocenters. The standard InChI is InChI=1S/C21H26ClFN2O3/c1-13(16-11-15(27-4)7-9-19(16)28-5)25-20(26)12-24-21(2,3)17-8-6-14(23)10-18(17)22/h6-11,13,24H,12H2,1-5H3,(H,25,26). The summed E-state index contributed by atoms with van der Waals surface area (Å²) in [6.07, 6.45) is 0. The molecule has 0 bridgehead atoms. The van der Waals surface area contributed by atoms with Crippen LogP contribution in [0.2, 0.25) is 5.02 Å². The maximum Gasteiger partial charge on any atom is 0.234 e. The van der Waals surface area contributed by atoms with E-state index in [1.807, 2.05) is 26.8 Å². The fourth-order valence-electron chi connectivity index (χ4n) is 2.94. The summed E-state index contributed by atoms with van der Waals surface area (Å²) in [6, 6.07) is 9.38. The van der Waals surface area contributed by atoms with Crippen LogP contribution in [0.3, 0.4) is 0 Å². The van der Waals surface area contributed by atoms with Gasteiger partial charge in [-0.1, -0.05) is 17.7 Å². The van der Waals surface area contributed by atoms with Gasteiger partial charge in [0.1, 0.15) is 17.3 Å². The van der Waals surface area contributed by atoms with Crippen LogP contribution in [0.1, 0.15) is 37.9 Å². The van der Waals surface area contributed by atoms with E-state index in [9.17, 15) is 9.18 Å². The molecular weight excluding hydrogens is 383 g/mol. The first-order chi connectivity index (χ1) is 13.2. The summed E-state index contributed by atoms with van der Waals surface area (Å²) in [6.45, 7) is 5.70. The van der Waals surface area contributed by atoms with Crippen molar-refractivity contribution in [2.75, 3.05) is 20.8 Å². The number of methoxy groups -OCH3 is 2. The number of hydrogen-bond donors (Lipinski definition) is 2. The van der Waals surface area contributed by atoms with Gasteiger partial charge in [-0.25, -0.2) is 4.39 Å². The SMILES string of the molecule is COc1ccc(OC)c(C(C)NC(=O)CNC(C)(C)c2ccc(F)cc2Cl)c1. The Morgan fingerprint density at radius 1 is 1.18 bits per heavy atom. The highest BCUT2D eigenvalue weighted by Crippen LogP contribution is 2.30. The van der Waals surface area contributed by atoms with Crippen molar-refractivity contribution in [3.8, 4) is 11.5 Å². The lowest BCUT2D eigenvalue weighted by atomic mass is 9.94. The zero-order valence-electron chi connectivity index (χ0n) is 16.7. The van der Waals surface area contributed by atoms with Crippen molar-refractivity contribution >= 4 is 17.5 Å². The van der Waals surface area contributed by atoms with E-state index < -0.39 is 11.4 Å². The number of rotatable bonds is 8. The summed E-state index contributed by atoms with van der Waals surface area (Å²) in [5, 5.41) is 6.42. The van der Waals surface area contributed by atoms with Crippen molar-refractivity contribution in [1.82, 2.24) is 10.6 Å². The van der Waals surface area contributed by atoms with E-state index >= 15 is 0 Å². The average molecular weight is 409 g/mol. The molecule has 5 nitrogen and oxygen atoms in total. The van der Waals surface area contributed by atoms with Crippen LogP contribution in [0.25, 0.3) is 0 Å². The van der Waals surface area contributed by atoms with Crippen molar-refractivity contribution in [2.45, 2.75) is 32.4 Å². The van der Waals surface area contributed by atoms with Gasteiger partial charge in [0.15, 0.2) is 0 Å². The first-order valence-corrected chi connectivity index (χ1v) is 9.27. The van der Waals surface area contributed by atoms with Crippen LogP contribution in [-0.4, -0.2) is 26.7 Å². The lowest BCUT2D eigenvalue weighted by Crippen LogP contribution is -2.44. The smallest absolute Gasteiger partial charge is 0.234 e. The van der Waals surface area contributed by atoms with E-state index in [2.05, 4.69) is 10.6 Å². The van der Waals surface area contributed by atoms with Crippen molar-refractivity contribution in [3.05, 3.63) is 58.4 Å². The molecule has 2 aromatic rings. The molecule has 0 aliphatic heterocycles. The summed E-state index contributed by atoms with van der Waals surface area (Å²) >= 11 is 6.15. The normalized spacial score (nSPS) is 12.4. The van der Waals surface area contributed by atoms with Crippen molar-refractivity contribution in [1.29, 1.82) is 0 Å². The Kier molecular flexibility index (Phi) is 7.27. The molecule has 0 aliphatic rings. The molecule has 28 heavy (non-hydrogen) atoms. The number of ether oxygens (including phenoxy) is 2. The number of carbonyl (C=O) groups excluding carboxylic acids is 1. The van der Waals surface area contributed by atoms with Gasteiger partial charge in [0.25, 0.3) is 0 Å². The Bertz CT molecular complexity index is 842. The lowest BCUT2D eigenvalue weighted by molar-refractivity contribution is -0.121. The third kappa shape index (κ3) is 5.36. The average Bonchev–Trinajstić information content (AvgIpc) is 2.65. The van der Waals surface area contributed by atoms with Crippen molar-refractivity contribution < 1.29 is 18.7 Å². The molecule has 0 radical (unpaired) electrons. The van der Waals surface area contributed by atoms with E-state index in [-0.39, 0.29) is 18.5 Å². The molecule has 0 aliphatic carbocycles. The predicted molar refractivity (Wildman–Crippen MR) is 109 cm³/mol. The van der Waals surface area contributed by atoms with Crippen LogP contribution < -0.4 is 20.1 Å². The largest absolute Gasteiger partial charge is 0.497 e. The highest BCUT2D eigenvalue weighted by Gasteiger charge is 2.24. The molecule has 1 unspecified atom stereocenters. The predicted octanol–water partition coefficient (Wildman–Crippen LogP) is 4.20. The molecule has 1 amide bonds. The van der Waals surface area contributed by atoms with Gasteiger partial charge in [-0.3, -0.25) is 10.1 Å². The van der Waals surface area contributed by atoms with Crippen LogP contribution in [-0.2, 0) is 10.3 Å². The molecule has 2 rings (SSSR count). The maximum atomic E-state index is 13.3. The minimum absolute atomic E-state index is 0.0668.